The van der Waals surface area contributed by atoms with Gasteiger partial charge in [-0.3, -0.25) is 0 Å². The highest BCUT2D eigenvalue weighted by Crippen LogP contribution is 2.14. The molecule has 1 unspecified atom stereocenters. The molecule has 0 spiro atoms. The fourth-order valence-electron chi connectivity index (χ4n) is 1.56. The van der Waals surface area contributed by atoms with Crippen molar-refractivity contribution in [3.63, 3.8) is 0 Å². The first-order valence-corrected chi connectivity index (χ1v) is 5.42. The minimum atomic E-state index is 0.945. The summed E-state index contributed by atoms with van der Waals surface area (Å²) in [7, 11) is 0. The summed E-state index contributed by atoms with van der Waals surface area (Å²) < 4.78 is 0. The van der Waals surface area contributed by atoms with Gasteiger partial charge in [-0.05, 0) is 25.7 Å². The number of allylic oxidation sites excluding steroid dienone is 2. The third kappa shape index (κ3) is 7.84. The van der Waals surface area contributed by atoms with E-state index in [9.17, 15) is 0 Å². The summed E-state index contributed by atoms with van der Waals surface area (Å²) in [4.78, 5) is 0. The summed E-state index contributed by atoms with van der Waals surface area (Å²) in [6.45, 7) is 6.75. The van der Waals surface area contributed by atoms with Crippen molar-refractivity contribution in [2.45, 2.75) is 59.3 Å². The largest absolute Gasteiger partial charge is 0.0917 e. The monoisotopic (exact) mass is 168 g/mol. The second kappa shape index (κ2) is 8.83. The van der Waals surface area contributed by atoms with E-state index in [4.69, 9.17) is 0 Å². The molecule has 0 fully saturated rings. The zero-order chi connectivity index (χ0) is 9.23. The molecular weight excluding hydrogens is 144 g/mol. The number of hydrogen-bond acceptors (Lipinski definition) is 0. The van der Waals surface area contributed by atoms with Crippen molar-refractivity contribution in [1.82, 2.24) is 0 Å². The van der Waals surface area contributed by atoms with Crippen molar-refractivity contribution in [3.8, 4) is 0 Å². The summed E-state index contributed by atoms with van der Waals surface area (Å²) in [6.07, 6.45) is 12.6. The summed E-state index contributed by atoms with van der Waals surface area (Å²) >= 11 is 0. The predicted octanol–water partition coefficient (Wildman–Crippen LogP) is 4.56. The van der Waals surface area contributed by atoms with Gasteiger partial charge in [0.15, 0.2) is 0 Å². The normalized spacial score (nSPS) is 13.9. The molecule has 0 heterocycles. The fraction of sp³-hybridized carbons (Fsp3) is 0.833. The minimum Gasteiger partial charge on any atom is -0.0917 e. The molecule has 0 saturated carbocycles. The number of rotatable bonds is 7. The van der Waals surface area contributed by atoms with E-state index in [-0.39, 0.29) is 0 Å². The lowest BCUT2D eigenvalue weighted by Crippen LogP contribution is -1.93. The van der Waals surface area contributed by atoms with Crippen LogP contribution in [0.25, 0.3) is 0 Å². The minimum absolute atomic E-state index is 0.945. The lowest BCUT2D eigenvalue weighted by atomic mass is 9.99. The molecular formula is C12H24. The topological polar surface area (TPSA) is 0 Å². The van der Waals surface area contributed by atoms with Gasteiger partial charge in [0.2, 0.25) is 0 Å². The van der Waals surface area contributed by atoms with Crippen molar-refractivity contribution in [3.05, 3.63) is 12.2 Å². The van der Waals surface area contributed by atoms with Crippen LogP contribution in [0.15, 0.2) is 12.2 Å². The summed E-state index contributed by atoms with van der Waals surface area (Å²) in [5.74, 6) is 0.945. The molecule has 0 nitrogen and oxygen atoms in total. The van der Waals surface area contributed by atoms with Crippen LogP contribution in [0, 0.1) is 5.92 Å². The summed E-state index contributed by atoms with van der Waals surface area (Å²) in [6, 6.07) is 0. The summed E-state index contributed by atoms with van der Waals surface area (Å²) in [5, 5.41) is 0. The Balaban J connectivity index is 3.08. The second-order valence-corrected chi connectivity index (χ2v) is 3.75. The maximum atomic E-state index is 2.37. The van der Waals surface area contributed by atoms with Gasteiger partial charge in [-0.2, -0.15) is 0 Å². The Morgan fingerprint density at radius 3 is 2.50 bits per heavy atom. The molecule has 0 aromatic rings. The lowest BCUT2D eigenvalue weighted by Gasteiger charge is -2.08. The van der Waals surface area contributed by atoms with Crippen LogP contribution < -0.4 is 0 Å². The molecule has 0 aliphatic rings. The average molecular weight is 168 g/mol. The van der Waals surface area contributed by atoms with Crippen LogP contribution >= 0.6 is 0 Å². The first-order chi connectivity index (χ1) is 5.81. The zero-order valence-corrected chi connectivity index (χ0v) is 8.97. The van der Waals surface area contributed by atoms with Crippen LogP contribution in [0.4, 0.5) is 0 Å². The molecule has 0 rings (SSSR count). The van der Waals surface area contributed by atoms with Crippen LogP contribution in [-0.4, -0.2) is 0 Å². The van der Waals surface area contributed by atoms with E-state index in [1.807, 2.05) is 0 Å². The van der Waals surface area contributed by atoms with Gasteiger partial charge in [0.1, 0.15) is 0 Å². The Morgan fingerprint density at radius 2 is 1.92 bits per heavy atom. The molecule has 12 heavy (non-hydrogen) atoms. The Kier molecular flexibility index (Phi) is 8.64. The molecule has 0 N–H and O–H groups in total. The van der Waals surface area contributed by atoms with Gasteiger partial charge in [-0.1, -0.05) is 51.7 Å². The van der Waals surface area contributed by atoms with E-state index >= 15 is 0 Å². The lowest BCUT2D eigenvalue weighted by molar-refractivity contribution is 0.462. The molecule has 0 aromatic heterocycles. The molecule has 0 aromatic carbocycles. The highest BCUT2D eigenvalue weighted by molar-refractivity contribution is 4.76. The van der Waals surface area contributed by atoms with E-state index < -0.39 is 0 Å². The molecule has 72 valence electrons. The van der Waals surface area contributed by atoms with Gasteiger partial charge in [0.05, 0.1) is 0 Å². The molecule has 0 aliphatic heterocycles. The van der Waals surface area contributed by atoms with E-state index in [2.05, 4.69) is 32.9 Å². The van der Waals surface area contributed by atoms with Crippen molar-refractivity contribution in [2.75, 3.05) is 0 Å². The van der Waals surface area contributed by atoms with E-state index in [1.54, 1.807) is 0 Å². The quantitative estimate of drug-likeness (QED) is 0.386. The Hall–Kier alpha value is -0.260. The average Bonchev–Trinajstić information content (AvgIpc) is 2.05. The standard InChI is InChI=1S/C12H24/c1-4-6-7-8-9-11-12(3)10-5-2/h4,6,12H,5,7-11H2,1-3H3. The van der Waals surface area contributed by atoms with Crippen LogP contribution in [0.1, 0.15) is 59.3 Å². The van der Waals surface area contributed by atoms with Crippen LogP contribution in [0.5, 0.6) is 0 Å². The SMILES string of the molecule is CC=CCCCCC(C)CCC. The van der Waals surface area contributed by atoms with Crippen molar-refractivity contribution < 1.29 is 0 Å². The first kappa shape index (κ1) is 11.7. The summed E-state index contributed by atoms with van der Waals surface area (Å²) in [5.41, 5.74) is 0. The third-order valence-electron chi connectivity index (χ3n) is 2.33. The second-order valence-electron chi connectivity index (χ2n) is 3.75. The van der Waals surface area contributed by atoms with E-state index in [0.29, 0.717) is 0 Å². The fourth-order valence-corrected chi connectivity index (χ4v) is 1.56. The molecule has 0 bridgehead atoms. The highest BCUT2D eigenvalue weighted by atomic mass is 14.0. The number of hydrogen-bond donors (Lipinski definition) is 0. The van der Waals surface area contributed by atoms with Gasteiger partial charge in [-0.15, -0.1) is 0 Å². The molecule has 1 atom stereocenters. The van der Waals surface area contributed by atoms with Crippen LogP contribution in [-0.2, 0) is 0 Å². The Morgan fingerprint density at radius 1 is 1.17 bits per heavy atom. The first-order valence-electron chi connectivity index (χ1n) is 5.42. The highest BCUT2D eigenvalue weighted by Gasteiger charge is 1.98. The van der Waals surface area contributed by atoms with Crippen LogP contribution in [0.2, 0.25) is 0 Å². The van der Waals surface area contributed by atoms with Gasteiger partial charge in [-0.25, -0.2) is 0 Å². The van der Waals surface area contributed by atoms with Crippen molar-refractivity contribution in [1.29, 1.82) is 0 Å². The van der Waals surface area contributed by atoms with Crippen LogP contribution in [0.3, 0.4) is 0 Å². The van der Waals surface area contributed by atoms with Gasteiger partial charge >= 0.3 is 0 Å². The van der Waals surface area contributed by atoms with E-state index in [0.717, 1.165) is 5.92 Å². The molecule has 0 heteroatoms. The van der Waals surface area contributed by atoms with Gasteiger partial charge in [0.25, 0.3) is 0 Å². The van der Waals surface area contributed by atoms with Gasteiger partial charge in [0, 0.05) is 0 Å². The Labute approximate surface area is 78.1 Å². The molecule has 0 radical (unpaired) electrons. The number of unbranched alkanes of at least 4 members (excludes halogenated alkanes) is 2. The molecule has 0 saturated heterocycles. The third-order valence-corrected chi connectivity index (χ3v) is 2.33. The van der Waals surface area contributed by atoms with Gasteiger partial charge < -0.3 is 0 Å². The molecule has 0 amide bonds. The smallest absolute Gasteiger partial charge is 0.0351 e. The van der Waals surface area contributed by atoms with E-state index in [1.165, 1.54) is 38.5 Å². The maximum absolute atomic E-state index is 2.37. The van der Waals surface area contributed by atoms with Crippen molar-refractivity contribution in [2.24, 2.45) is 5.92 Å². The predicted molar refractivity (Wildman–Crippen MR) is 57.4 cm³/mol. The Bertz CT molecular complexity index is 103. The maximum Gasteiger partial charge on any atom is -0.0351 e. The molecule has 0 aliphatic carbocycles. The van der Waals surface area contributed by atoms with Crippen molar-refractivity contribution >= 4 is 0 Å². The zero-order valence-electron chi connectivity index (χ0n) is 8.97.